The van der Waals surface area contributed by atoms with Crippen molar-refractivity contribution in [3.05, 3.63) is 34.1 Å². The van der Waals surface area contributed by atoms with Gasteiger partial charge in [-0.25, -0.2) is 18.4 Å². The van der Waals surface area contributed by atoms with Crippen LogP contribution in [0.15, 0.2) is 22.5 Å². The van der Waals surface area contributed by atoms with Gasteiger partial charge in [0.15, 0.2) is 8.68 Å². The number of halogens is 1. The molecule has 1 N–H and O–H groups in total. The standard InChI is InChI=1S/C10H10ClN3O2S2/c1-6-3-7(2)13-8(4-6)14-18(15,16)9-5-12-10(11)17-9/h3-5H,1-2H3,(H,13,14). The molecule has 2 aromatic heterocycles. The number of aryl methyl sites for hydroxylation is 2. The number of anilines is 1. The van der Waals surface area contributed by atoms with Gasteiger partial charge >= 0.3 is 0 Å². The first kappa shape index (κ1) is 13.3. The van der Waals surface area contributed by atoms with Crippen molar-refractivity contribution in [3.8, 4) is 0 Å². The van der Waals surface area contributed by atoms with Crippen molar-refractivity contribution in [2.24, 2.45) is 0 Å². The zero-order chi connectivity index (χ0) is 13.3. The van der Waals surface area contributed by atoms with E-state index in [1.165, 1.54) is 6.20 Å². The van der Waals surface area contributed by atoms with Crippen LogP contribution >= 0.6 is 22.9 Å². The van der Waals surface area contributed by atoms with Crippen molar-refractivity contribution in [3.63, 3.8) is 0 Å². The van der Waals surface area contributed by atoms with Crippen LogP contribution in [0.4, 0.5) is 5.82 Å². The third-order valence-electron chi connectivity index (χ3n) is 2.06. The Kier molecular flexibility index (Phi) is 3.56. The fourth-order valence-electron chi connectivity index (χ4n) is 1.45. The SMILES string of the molecule is Cc1cc(C)nc(NS(=O)(=O)c2cnc(Cl)s2)c1. The fraction of sp³-hybridized carbons (Fsp3) is 0.200. The Labute approximate surface area is 114 Å². The summed E-state index contributed by atoms with van der Waals surface area (Å²) < 4.78 is 26.6. The molecular formula is C10H10ClN3O2S2. The van der Waals surface area contributed by atoms with Gasteiger partial charge in [-0.1, -0.05) is 22.9 Å². The van der Waals surface area contributed by atoms with Crippen LogP contribution in [0.5, 0.6) is 0 Å². The molecule has 0 saturated heterocycles. The Morgan fingerprint density at radius 2 is 2.06 bits per heavy atom. The average Bonchev–Trinajstić information content (AvgIpc) is 2.62. The number of hydrogen-bond donors (Lipinski definition) is 1. The van der Waals surface area contributed by atoms with Gasteiger partial charge < -0.3 is 0 Å². The normalized spacial score (nSPS) is 11.5. The minimum absolute atomic E-state index is 0.0634. The number of pyridine rings is 1. The van der Waals surface area contributed by atoms with E-state index < -0.39 is 10.0 Å². The highest BCUT2D eigenvalue weighted by Crippen LogP contribution is 2.24. The minimum Gasteiger partial charge on any atom is -0.263 e. The van der Waals surface area contributed by atoms with E-state index in [0.717, 1.165) is 22.6 Å². The lowest BCUT2D eigenvalue weighted by molar-refractivity contribution is 0.603. The molecule has 8 heteroatoms. The molecule has 5 nitrogen and oxygen atoms in total. The van der Waals surface area contributed by atoms with Gasteiger partial charge in [-0.15, -0.1) is 0 Å². The maximum Gasteiger partial charge on any atom is 0.274 e. The maximum atomic E-state index is 12.0. The maximum absolute atomic E-state index is 12.0. The first-order valence-corrected chi connectivity index (χ1v) is 7.64. The molecular weight excluding hydrogens is 294 g/mol. The summed E-state index contributed by atoms with van der Waals surface area (Å²) in [5, 5.41) is 0. The summed E-state index contributed by atoms with van der Waals surface area (Å²) >= 11 is 6.52. The number of nitrogens with zero attached hydrogens (tertiary/aromatic N) is 2. The van der Waals surface area contributed by atoms with Crippen molar-refractivity contribution in [1.82, 2.24) is 9.97 Å². The molecule has 0 aromatic carbocycles. The molecule has 0 aliphatic heterocycles. The van der Waals surface area contributed by atoms with Gasteiger partial charge in [0.2, 0.25) is 0 Å². The number of nitrogens with one attached hydrogen (secondary N) is 1. The van der Waals surface area contributed by atoms with Crippen LogP contribution in [0.2, 0.25) is 4.47 Å². The predicted octanol–water partition coefficient (Wildman–Crippen LogP) is 2.61. The zero-order valence-corrected chi connectivity index (χ0v) is 12.0. The summed E-state index contributed by atoms with van der Waals surface area (Å²) in [6.07, 6.45) is 1.22. The monoisotopic (exact) mass is 303 g/mol. The van der Waals surface area contributed by atoms with E-state index in [1.54, 1.807) is 13.0 Å². The van der Waals surface area contributed by atoms with Gasteiger partial charge in [-0.3, -0.25) is 4.72 Å². The zero-order valence-electron chi connectivity index (χ0n) is 9.64. The van der Waals surface area contributed by atoms with E-state index in [0.29, 0.717) is 0 Å². The highest BCUT2D eigenvalue weighted by molar-refractivity contribution is 7.94. The van der Waals surface area contributed by atoms with Gasteiger partial charge in [0.1, 0.15) is 5.82 Å². The number of thiazole rings is 1. The Morgan fingerprint density at radius 3 is 2.61 bits per heavy atom. The van der Waals surface area contributed by atoms with Crippen molar-refractivity contribution in [2.45, 2.75) is 18.1 Å². The highest BCUT2D eigenvalue weighted by atomic mass is 35.5. The fourth-order valence-corrected chi connectivity index (χ4v) is 3.73. The summed E-state index contributed by atoms with van der Waals surface area (Å²) in [5.74, 6) is 0.289. The Hall–Kier alpha value is -1.18. The average molecular weight is 304 g/mol. The number of aromatic nitrogens is 2. The largest absolute Gasteiger partial charge is 0.274 e. The molecule has 18 heavy (non-hydrogen) atoms. The van der Waals surface area contributed by atoms with Crippen LogP contribution < -0.4 is 4.72 Å². The van der Waals surface area contributed by atoms with E-state index in [-0.39, 0.29) is 14.5 Å². The quantitative estimate of drug-likeness (QED) is 0.946. The molecule has 0 amide bonds. The molecule has 2 aromatic rings. The molecule has 2 rings (SSSR count). The second kappa shape index (κ2) is 4.83. The summed E-state index contributed by atoms with van der Waals surface area (Å²) in [6, 6.07) is 3.52. The Morgan fingerprint density at radius 1 is 1.33 bits per heavy atom. The molecule has 96 valence electrons. The van der Waals surface area contributed by atoms with Crippen molar-refractivity contribution in [2.75, 3.05) is 4.72 Å². The van der Waals surface area contributed by atoms with Crippen LogP contribution in [0.3, 0.4) is 0 Å². The van der Waals surface area contributed by atoms with Gasteiger partial charge in [0.05, 0.1) is 6.20 Å². The van der Waals surface area contributed by atoms with Crippen molar-refractivity contribution < 1.29 is 8.42 Å². The molecule has 0 aliphatic carbocycles. The van der Waals surface area contributed by atoms with Gasteiger partial charge in [0, 0.05) is 5.69 Å². The number of hydrogen-bond acceptors (Lipinski definition) is 5. The molecule has 0 atom stereocenters. The third-order valence-corrected chi connectivity index (χ3v) is 4.99. The second-order valence-electron chi connectivity index (χ2n) is 3.71. The summed E-state index contributed by atoms with van der Waals surface area (Å²) in [6.45, 7) is 3.67. The lowest BCUT2D eigenvalue weighted by Crippen LogP contribution is -2.13. The lowest BCUT2D eigenvalue weighted by Gasteiger charge is -2.06. The first-order valence-electron chi connectivity index (χ1n) is 4.96. The van der Waals surface area contributed by atoms with Gasteiger partial charge in [-0.05, 0) is 31.5 Å². The van der Waals surface area contributed by atoms with Gasteiger partial charge in [0.25, 0.3) is 10.0 Å². The summed E-state index contributed by atoms with van der Waals surface area (Å²) in [7, 11) is -3.67. The van der Waals surface area contributed by atoms with Crippen LogP contribution in [0.25, 0.3) is 0 Å². The topological polar surface area (TPSA) is 72.0 Å². The van der Waals surface area contributed by atoms with E-state index in [9.17, 15) is 8.42 Å². The molecule has 0 bridgehead atoms. The van der Waals surface area contributed by atoms with Crippen LogP contribution in [-0.2, 0) is 10.0 Å². The van der Waals surface area contributed by atoms with Crippen molar-refractivity contribution >= 4 is 38.8 Å². The number of sulfonamides is 1. The first-order chi connectivity index (χ1) is 8.37. The van der Waals surface area contributed by atoms with E-state index in [2.05, 4.69) is 14.7 Å². The molecule has 0 saturated carbocycles. The highest BCUT2D eigenvalue weighted by Gasteiger charge is 2.18. The molecule has 0 aliphatic rings. The van der Waals surface area contributed by atoms with Crippen LogP contribution in [0, 0.1) is 13.8 Å². The van der Waals surface area contributed by atoms with E-state index in [1.807, 2.05) is 13.0 Å². The Balaban J connectivity index is 2.33. The molecule has 0 spiro atoms. The minimum atomic E-state index is -3.67. The summed E-state index contributed by atoms with van der Waals surface area (Å²) in [4.78, 5) is 7.82. The van der Waals surface area contributed by atoms with Crippen molar-refractivity contribution in [1.29, 1.82) is 0 Å². The lowest BCUT2D eigenvalue weighted by atomic mass is 10.2. The molecule has 0 fully saturated rings. The third kappa shape index (κ3) is 2.98. The molecule has 2 heterocycles. The second-order valence-corrected chi connectivity index (χ2v) is 7.23. The van der Waals surface area contributed by atoms with Gasteiger partial charge in [-0.2, -0.15) is 0 Å². The Bertz CT molecular complexity index is 662. The van der Waals surface area contributed by atoms with E-state index in [4.69, 9.17) is 11.6 Å². The van der Waals surface area contributed by atoms with Crippen LogP contribution in [-0.4, -0.2) is 18.4 Å². The molecule has 0 radical (unpaired) electrons. The van der Waals surface area contributed by atoms with Crippen LogP contribution in [0.1, 0.15) is 11.3 Å². The number of rotatable bonds is 3. The smallest absolute Gasteiger partial charge is 0.263 e. The predicted molar refractivity (Wildman–Crippen MR) is 71.6 cm³/mol. The molecule has 0 unspecified atom stereocenters. The van der Waals surface area contributed by atoms with E-state index >= 15 is 0 Å². The summed E-state index contributed by atoms with van der Waals surface area (Å²) in [5.41, 5.74) is 1.68.